The van der Waals surface area contributed by atoms with Crippen LogP contribution >= 0.6 is 12.2 Å². The molecule has 246 valence electrons. The number of carbonyl (C=O) groups excluding carboxylic acids is 2. The Morgan fingerprint density at radius 1 is 0.980 bits per heavy atom. The summed E-state index contributed by atoms with van der Waals surface area (Å²) in [5.74, 6) is -1.44. The summed E-state index contributed by atoms with van der Waals surface area (Å²) >= 11 is 5.25. The number of nitrogens with one attached hydrogen (secondary N) is 3. The molecule has 2 aliphatic rings. The van der Waals surface area contributed by atoms with E-state index in [2.05, 4.69) is 35.4 Å². The zero-order valence-electron chi connectivity index (χ0n) is 25.4. The van der Waals surface area contributed by atoms with Crippen LogP contribution in [0.1, 0.15) is 61.3 Å². The molecular weight excluding hydrogens is 654 g/mol. The Morgan fingerprint density at radius 2 is 1.84 bits per heavy atom. The van der Waals surface area contributed by atoms with Gasteiger partial charge in [0.2, 0.25) is 0 Å². The first-order chi connectivity index (χ1) is 23.6. The molecular formula is C32H25N9O7S. The lowest BCUT2D eigenvalue weighted by Crippen LogP contribution is -2.44. The summed E-state index contributed by atoms with van der Waals surface area (Å²) in [7, 11) is 0. The normalized spacial score (nSPS) is 15.3. The number of nitrogens with zero attached hydrogens (tertiary/aromatic N) is 5. The highest BCUT2D eigenvalue weighted by Crippen LogP contribution is 2.34. The second-order valence-electron chi connectivity index (χ2n) is 11.9. The molecule has 5 N–H and O–H groups in total. The summed E-state index contributed by atoms with van der Waals surface area (Å²) in [5.41, 5.74) is 10.2. The van der Waals surface area contributed by atoms with Gasteiger partial charge in [0.1, 0.15) is 22.8 Å². The summed E-state index contributed by atoms with van der Waals surface area (Å²) in [5, 5.41) is 13.4. The van der Waals surface area contributed by atoms with Gasteiger partial charge in [-0.3, -0.25) is 28.7 Å². The van der Waals surface area contributed by atoms with E-state index in [1.165, 1.54) is 10.5 Å². The van der Waals surface area contributed by atoms with Crippen LogP contribution in [0.5, 0.6) is 0 Å². The largest absolute Gasteiger partial charge is 0.439 e. The maximum atomic E-state index is 13.6. The zero-order valence-corrected chi connectivity index (χ0v) is 26.3. The summed E-state index contributed by atoms with van der Waals surface area (Å²) in [6.07, 6.45) is 1.98. The van der Waals surface area contributed by atoms with Crippen molar-refractivity contribution in [3.8, 4) is 11.4 Å². The number of rotatable bonds is 7. The number of anilines is 2. The molecule has 1 aliphatic carbocycles. The van der Waals surface area contributed by atoms with Crippen molar-refractivity contribution in [2.45, 2.75) is 38.4 Å². The van der Waals surface area contributed by atoms with E-state index in [1.807, 2.05) is 30.3 Å². The van der Waals surface area contributed by atoms with Gasteiger partial charge in [-0.05, 0) is 76.6 Å². The maximum Gasteiger partial charge on any atom is 0.439 e. The van der Waals surface area contributed by atoms with Crippen LogP contribution in [0.15, 0.2) is 65.9 Å². The number of aromatic amines is 1. The Bertz CT molecular complexity index is 2540. The van der Waals surface area contributed by atoms with Crippen molar-refractivity contribution in [3.05, 3.63) is 118 Å². The van der Waals surface area contributed by atoms with Crippen molar-refractivity contribution in [2.24, 2.45) is 0 Å². The SMILES string of the molecule is Nc1c(N2CCc3ccc(CNC(=O)c4cc(C(=O)N[C@H]5CCc6cc(-c7noc(=O)[nH]7)ccc65)nc5noc(=S)n45)cc3C2)c(=O)c1=O. The van der Waals surface area contributed by atoms with Crippen LogP contribution in [0.4, 0.5) is 11.4 Å². The number of benzene rings is 2. The van der Waals surface area contributed by atoms with E-state index >= 15 is 0 Å². The van der Waals surface area contributed by atoms with Gasteiger partial charge in [-0.2, -0.15) is 0 Å². The lowest BCUT2D eigenvalue weighted by atomic mass is 9.96. The predicted octanol–water partition coefficient (Wildman–Crippen LogP) is 1.48. The Kier molecular flexibility index (Phi) is 7.06. The zero-order chi connectivity index (χ0) is 34.0. The van der Waals surface area contributed by atoms with Gasteiger partial charge in [0.05, 0.1) is 6.04 Å². The third-order valence-electron chi connectivity index (χ3n) is 9.00. The van der Waals surface area contributed by atoms with Gasteiger partial charge in [-0.15, -0.1) is 0 Å². The number of aromatic nitrogens is 5. The number of fused-ring (bicyclic) bond motifs is 3. The highest BCUT2D eigenvalue weighted by atomic mass is 32.1. The number of hydrogen-bond donors (Lipinski definition) is 4. The first-order valence-electron chi connectivity index (χ1n) is 15.3. The van der Waals surface area contributed by atoms with Gasteiger partial charge in [0.25, 0.3) is 28.4 Å². The summed E-state index contributed by atoms with van der Waals surface area (Å²) in [6, 6.07) is 12.4. The minimum Gasteiger partial charge on any atom is -0.394 e. The van der Waals surface area contributed by atoms with E-state index in [-0.39, 0.29) is 46.0 Å². The average Bonchev–Trinajstić information content (AvgIpc) is 3.84. The molecule has 49 heavy (non-hydrogen) atoms. The van der Waals surface area contributed by atoms with Crippen molar-refractivity contribution in [1.82, 2.24) is 35.3 Å². The second-order valence-corrected chi connectivity index (χ2v) is 12.3. The Morgan fingerprint density at radius 3 is 2.63 bits per heavy atom. The number of carbonyl (C=O) groups is 2. The number of nitrogens with two attached hydrogens (primary N) is 1. The van der Waals surface area contributed by atoms with Gasteiger partial charge < -0.3 is 25.8 Å². The molecule has 17 heteroatoms. The minimum atomic E-state index is -0.654. The standard InChI is InChI=1S/C32H25N9O7S/c33-23-24(26(43)25(23)42)40-8-7-15-2-1-14(9-18(15)13-40)12-34-29(45)22-11-21(36-30-39-48-32(49)41(22)30)28(44)35-20-6-4-16-10-17(3-5-19(16)20)27-37-31(46)47-38-27/h1-3,5,9-11,20H,4,6-8,12-13,33H2,(H,34,45)(H,35,44)(H,37,38,46)/t20-/m0/s1. The highest BCUT2D eigenvalue weighted by molar-refractivity contribution is 7.71. The molecule has 1 atom stereocenters. The predicted molar refractivity (Wildman–Crippen MR) is 175 cm³/mol. The van der Waals surface area contributed by atoms with Crippen molar-refractivity contribution >= 4 is 41.2 Å². The van der Waals surface area contributed by atoms with E-state index in [9.17, 15) is 24.0 Å². The third-order valence-corrected chi connectivity index (χ3v) is 9.26. The van der Waals surface area contributed by atoms with E-state index in [0.717, 1.165) is 27.8 Å². The van der Waals surface area contributed by atoms with Crippen LogP contribution in [0.3, 0.4) is 0 Å². The monoisotopic (exact) mass is 679 g/mol. The summed E-state index contributed by atoms with van der Waals surface area (Å²) < 4.78 is 11.0. The molecule has 2 amide bonds. The fraction of sp³-hybridized carbons (Fsp3) is 0.219. The van der Waals surface area contributed by atoms with E-state index in [0.29, 0.717) is 43.7 Å². The first kappa shape index (κ1) is 30.1. The molecule has 1 aliphatic heterocycles. The van der Waals surface area contributed by atoms with Crippen molar-refractivity contribution in [1.29, 1.82) is 0 Å². The van der Waals surface area contributed by atoms with Gasteiger partial charge >= 0.3 is 10.6 Å². The second kappa shape index (κ2) is 11.5. The molecule has 0 bridgehead atoms. The van der Waals surface area contributed by atoms with Crippen LogP contribution in [0.2, 0.25) is 0 Å². The van der Waals surface area contributed by atoms with Crippen LogP contribution < -0.4 is 37.9 Å². The molecule has 3 aromatic carbocycles. The maximum absolute atomic E-state index is 13.6. The van der Waals surface area contributed by atoms with E-state index in [1.54, 1.807) is 11.0 Å². The van der Waals surface area contributed by atoms with Gasteiger partial charge in [-0.1, -0.05) is 35.5 Å². The van der Waals surface area contributed by atoms with Gasteiger partial charge in [-0.25, -0.2) is 14.2 Å². The van der Waals surface area contributed by atoms with Crippen LogP contribution in [-0.4, -0.2) is 43.0 Å². The van der Waals surface area contributed by atoms with Gasteiger partial charge in [0.15, 0.2) is 5.82 Å². The first-order valence-corrected chi connectivity index (χ1v) is 15.7. The number of H-pyrrole nitrogens is 1. The van der Waals surface area contributed by atoms with Crippen LogP contribution in [0, 0.1) is 4.84 Å². The third kappa shape index (κ3) is 5.20. The molecule has 0 saturated carbocycles. The Labute approximate surface area is 279 Å². The fourth-order valence-corrected chi connectivity index (χ4v) is 6.75. The molecule has 8 rings (SSSR count). The van der Waals surface area contributed by atoms with Crippen LogP contribution in [-0.2, 0) is 25.9 Å². The quantitative estimate of drug-likeness (QED) is 0.139. The number of amides is 2. The topological polar surface area (TPSA) is 224 Å². The van der Waals surface area contributed by atoms with E-state index in [4.69, 9.17) is 22.5 Å². The molecule has 0 spiro atoms. The summed E-state index contributed by atoms with van der Waals surface area (Å²) in [6.45, 7) is 1.11. The van der Waals surface area contributed by atoms with E-state index < -0.39 is 28.4 Å². The molecule has 3 aromatic heterocycles. The molecule has 0 radical (unpaired) electrons. The lowest BCUT2D eigenvalue weighted by molar-refractivity contribution is 0.0931. The Balaban J connectivity index is 0.992. The van der Waals surface area contributed by atoms with Crippen LogP contribution in [0.25, 0.3) is 17.2 Å². The fourth-order valence-electron chi connectivity index (χ4n) is 6.53. The lowest BCUT2D eigenvalue weighted by Gasteiger charge is -2.32. The van der Waals surface area contributed by atoms with Crippen molar-refractivity contribution in [2.75, 3.05) is 17.2 Å². The average molecular weight is 680 g/mol. The Hall–Kier alpha value is -6.23. The number of aryl methyl sites for hydroxylation is 1. The molecule has 0 fully saturated rings. The smallest absolute Gasteiger partial charge is 0.394 e. The molecule has 16 nitrogen and oxygen atoms in total. The number of nitrogen functional groups attached to an aromatic ring is 1. The number of hydrogen-bond acceptors (Lipinski definition) is 13. The molecule has 0 saturated heterocycles. The molecule has 4 heterocycles. The molecule has 0 unspecified atom stereocenters. The molecule has 6 aromatic rings. The van der Waals surface area contributed by atoms with Crippen molar-refractivity contribution in [3.63, 3.8) is 0 Å². The summed E-state index contributed by atoms with van der Waals surface area (Å²) in [4.78, 5) is 70.6. The van der Waals surface area contributed by atoms with Gasteiger partial charge in [0, 0.05) is 25.2 Å². The minimum absolute atomic E-state index is 0.00805. The highest BCUT2D eigenvalue weighted by Gasteiger charge is 2.29. The van der Waals surface area contributed by atoms with Crippen molar-refractivity contribution < 1.29 is 18.6 Å².